The van der Waals surface area contributed by atoms with Crippen LogP contribution in [0.1, 0.15) is 35.1 Å². The molecule has 2 aromatic rings. The van der Waals surface area contributed by atoms with Crippen molar-refractivity contribution < 1.29 is 2.85 Å². The number of aromatic nitrogens is 2. The van der Waals surface area contributed by atoms with Crippen LogP contribution in [0, 0.1) is 5.92 Å². The normalized spacial score (nSPS) is 17.0. The van der Waals surface area contributed by atoms with Crippen LogP contribution >= 0.6 is 0 Å². The predicted molar refractivity (Wildman–Crippen MR) is 137 cm³/mol. The molecule has 0 bridgehead atoms. The minimum absolute atomic E-state index is 0. The van der Waals surface area contributed by atoms with Crippen LogP contribution in [0.4, 0.5) is 5.69 Å². The number of piperidine rings is 1. The molecule has 1 aliphatic rings. The number of aromatic amines is 1. The van der Waals surface area contributed by atoms with E-state index in [1.165, 1.54) is 0 Å². The van der Waals surface area contributed by atoms with E-state index in [-0.39, 0.29) is 2.85 Å². The van der Waals surface area contributed by atoms with Gasteiger partial charge in [-0.1, -0.05) is 18.7 Å². The lowest BCUT2D eigenvalue weighted by molar-refractivity contribution is 0.239. The van der Waals surface area contributed by atoms with Crippen molar-refractivity contribution in [1.82, 2.24) is 14.9 Å². The number of hydrogen-bond acceptors (Lipinski definition) is 4. The number of rotatable bonds is 7. The van der Waals surface area contributed by atoms with E-state index in [1.807, 2.05) is 32.3 Å². The largest absolute Gasteiger partial charge is 0.351 e. The van der Waals surface area contributed by atoms with Gasteiger partial charge in [0.25, 0.3) is 0 Å². The van der Waals surface area contributed by atoms with Gasteiger partial charge >= 0.3 is 0 Å². The quantitative estimate of drug-likeness (QED) is 0.267. The second-order valence-electron chi connectivity index (χ2n) is 7.84. The van der Waals surface area contributed by atoms with Gasteiger partial charge < -0.3 is 15.2 Å². The monoisotopic (exact) mass is 420 g/mol. The van der Waals surface area contributed by atoms with E-state index in [0.717, 1.165) is 65.2 Å². The molecule has 0 radical (unpaired) electrons. The fourth-order valence-corrected chi connectivity index (χ4v) is 3.80. The molecule has 31 heavy (non-hydrogen) atoms. The number of hydrogen-bond donors (Lipinski definition) is 2. The second kappa shape index (κ2) is 10.7. The smallest absolute Gasteiger partial charge is 0.138 e. The fraction of sp³-hybridized carbons (Fsp3) is 0.360. The molecule has 2 aromatic heterocycles. The topological polar surface area (TPSA) is 68.7 Å². The molecule has 6 heteroatoms. The van der Waals surface area contributed by atoms with Gasteiger partial charge in [0.15, 0.2) is 0 Å². The highest BCUT2D eigenvalue weighted by Gasteiger charge is 2.20. The van der Waals surface area contributed by atoms with Crippen molar-refractivity contribution in [2.24, 2.45) is 15.9 Å². The molecule has 0 atom stereocenters. The summed E-state index contributed by atoms with van der Waals surface area (Å²) in [6.45, 7) is 10.1. The van der Waals surface area contributed by atoms with Gasteiger partial charge in [-0.25, -0.2) is 9.98 Å². The fourth-order valence-electron chi connectivity index (χ4n) is 3.80. The molecule has 6 nitrogen and oxygen atoms in total. The average Bonchev–Trinajstić information content (AvgIpc) is 3.20. The molecular formula is C25H36N6. The number of nitrogens with zero attached hydrogens (tertiary/aromatic N) is 4. The van der Waals surface area contributed by atoms with Gasteiger partial charge in [-0.15, -0.1) is 5.73 Å². The summed E-state index contributed by atoms with van der Waals surface area (Å²) in [5.41, 5.74) is 9.10. The standard InChI is InChI=1S/C25H32N6.2H2/c1-6-19(9-8-18(3)29-17-26-4)23-16-28-25-22(23)14-21(15-27-25)30-24(7-2)20-10-12-31(5)13-11-20;;/h6,8-9,14-17,20,30H,2,10-13H2,1,3-5H3,(H,27,28);2*1H/b9-8-,19-6+,26-17?,29-18?;;. The zero-order valence-corrected chi connectivity index (χ0v) is 18.9. The van der Waals surface area contributed by atoms with Gasteiger partial charge in [-0.05, 0) is 64.5 Å². The van der Waals surface area contributed by atoms with E-state index in [1.54, 1.807) is 13.4 Å². The molecule has 1 fully saturated rings. The Bertz CT molecular complexity index is 1080. The highest BCUT2D eigenvalue weighted by atomic mass is 15.1. The lowest BCUT2D eigenvalue weighted by Gasteiger charge is -2.30. The Morgan fingerprint density at radius 1 is 1.39 bits per heavy atom. The minimum atomic E-state index is 0. The third kappa shape index (κ3) is 5.69. The van der Waals surface area contributed by atoms with E-state index in [2.05, 4.69) is 67.7 Å². The first-order valence-electron chi connectivity index (χ1n) is 10.7. The first-order valence-corrected chi connectivity index (χ1v) is 10.7. The minimum Gasteiger partial charge on any atom is -0.351 e. The van der Waals surface area contributed by atoms with Crippen molar-refractivity contribution in [2.45, 2.75) is 26.7 Å². The van der Waals surface area contributed by atoms with Gasteiger partial charge in [0.2, 0.25) is 0 Å². The molecule has 3 heterocycles. The van der Waals surface area contributed by atoms with Crippen LogP contribution in [0.25, 0.3) is 16.6 Å². The zero-order chi connectivity index (χ0) is 22.2. The molecular weight excluding hydrogens is 384 g/mol. The van der Waals surface area contributed by atoms with Crippen LogP contribution in [0.3, 0.4) is 0 Å². The lowest BCUT2D eigenvalue weighted by Crippen LogP contribution is -2.32. The summed E-state index contributed by atoms with van der Waals surface area (Å²) >= 11 is 0. The second-order valence-corrected chi connectivity index (χ2v) is 7.84. The Morgan fingerprint density at radius 2 is 2.16 bits per heavy atom. The van der Waals surface area contributed by atoms with Crippen molar-refractivity contribution in [1.29, 1.82) is 0 Å². The number of H-pyrrole nitrogens is 1. The van der Waals surface area contributed by atoms with Crippen LogP contribution < -0.4 is 5.32 Å². The van der Waals surface area contributed by atoms with Crippen molar-refractivity contribution in [3.63, 3.8) is 0 Å². The molecule has 1 saturated heterocycles. The first-order chi connectivity index (χ1) is 15.0. The van der Waals surface area contributed by atoms with Gasteiger partial charge in [-0.2, -0.15) is 0 Å². The van der Waals surface area contributed by atoms with Gasteiger partial charge in [0, 0.05) is 38.7 Å². The van der Waals surface area contributed by atoms with E-state index < -0.39 is 0 Å². The molecule has 1 aliphatic heterocycles. The van der Waals surface area contributed by atoms with Crippen molar-refractivity contribution in [2.75, 3.05) is 32.5 Å². The molecule has 166 valence electrons. The highest BCUT2D eigenvalue weighted by Crippen LogP contribution is 2.29. The maximum atomic E-state index is 4.62. The number of fused-ring (bicyclic) bond motifs is 1. The van der Waals surface area contributed by atoms with E-state index >= 15 is 0 Å². The number of nitrogens with one attached hydrogen (secondary N) is 2. The van der Waals surface area contributed by atoms with Crippen LogP contribution in [0.2, 0.25) is 0 Å². The third-order valence-corrected chi connectivity index (χ3v) is 5.63. The van der Waals surface area contributed by atoms with E-state index in [9.17, 15) is 0 Å². The summed E-state index contributed by atoms with van der Waals surface area (Å²) in [5, 5.41) is 4.60. The number of pyridine rings is 1. The van der Waals surface area contributed by atoms with Crippen LogP contribution in [-0.2, 0) is 0 Å². The van der Waals surface area contributed by atoms with Crippen molar-refractivity contribution in [3.05, 3.63) is 60.3 Å². The van der Waals surface area contributed by atoms with Crippen LogP contribution in [0.15, 0.2) is 64.7 Å². The van der Waals surface area contributed by atoms with Crippen LogP contribution in [0.5, 0.6) is 0 Å². The number of anilines is 1. The van der Waals surface area contributed by atoms with Gasteiger partial charge in [0.05, 0.1) is 17.6 Å². The third-order valence-electron chi connectivity index (χ3n) is 5.63. The Kier molecular flexibility index (Phi) is 7.76. The Labute approximate surface area is 187 Å². The summed E-state index contributed by atoms with van der Waals surface area (Å²) in [5.74, 6) is 0.457. The molecule has 0 amide bonds. The van der Waals surface area contributed by atoms with Crippen molar-refractivity contribution >= 4 is 34.3 Å². The Morgan fingerprint density at radius 3 is 2.84 bits per heavy atom. The molecule has 3 rings (SSSR count). The average molecular weight is 421 g/mol. The van der Waals surface area contributed by atoms with Crippen molar-refractivity contribution in [3.8, 4) is 0 Å². The number of allylic oxidation sites excluding steroid dienone is 5. The molecule has 2 N–H and O–H groups in total. The van der Waals surface area contributed by atoms with Gasteiger partial charge in [0.1, 0.15) is 12.0 Å². The molecule has 0 aliphatic carbocycles. The van der Waals surface area contributed by atoms with Crippen LogP contribution in [-0.4, -0.2) is 54.1 Å². The maximum Gasteiger partial charge on any atom is 0.138 e. The van der Waals surface area contributed by atoms with E-state index in [0.29, 0.717) is 5.92 Å². The molecule has 0 saturated carbocycles. The zero-order valence-electron chi connectivity index (χ0n) is 18.9. The Hall–Kier alpha value is -3.21. The summed E-state index contributed by atoms with van der Waals surface area (Å²) in [4.78, 5) is 18.4. The highest BCUT2D eigenvalue weighted by molar-refractivity contribution is 6.01. The first kappa shape index (κ1) is 22.5. The van der Waals surface area contributed by atoms with Gasteiger partial charge in [-0.3, -0.25) is 4.99 Å². The predicted octanol–water partition coefficient (Wildman–Crippen LogP) is 5.56. The summed E-state index contributed by atoms with van der Waals surface area (Å²) < 4.78 is 0. The summed E-state index contributed by atoms with van der Waals surface area (Å²) in [6.07, 6.45) is 13.8. The molecule has 0 unspecified atom stereocenters. The molecule has 0 spiro atoms. The Balaban J connectivity index is 0.00000272. The molecule has 0 aromatic carbocycles. The lowest BCUT2D eigenvalue weighted by atomic mass is 9.94. The number of likely N-dealkylation sites (tertiary alicyclic amines) is 1. The van der Waals surface area contributed by atoms with E-state index in [4.69, 9.17) is 0 Å². The SMILES string of the molecule is C=C=C(Nc1cnc2[nH]cc(C(/C=C\C(C)=NC=NC)=C/C)c2c1)C1CCN(C)CC1.[HH].[HH]. The maximum absolute atomic E-state index is 4.62. The summed E-state index contributed by atoms with van der Waals surface area (Å²) in [6, 6.07) is 2.14. The number of aliphatic imine (C=N–C) groups is 2. The summed E-state index contributed by atoms with van der Waals surface area (Å²) in [7, 11) is 3.88.